The summed E-state index contributed by atoms with van der Waals surface area (Å²) in [6, 6.07) is 8.14. The van der Waals surface area contributed by atoms with Crippen molar-refractivity contribution in [3.8, 4) is 0 Å². The third-order valence-corrected chi connectivity index (χ3v) is 3.69. The normalized spacial score (nSPS) is 25.1. The summed E-state index contributed by atoms with van der Waals surface area (Å²) in [4.78, 5) is 0. The summed E-state index contributed by atoms with van der Waals surface area (Å²) >= 11 is 3.53. The standard InChI is InChI=1S/C12H14BrN/c13-9-2-5-11-8(7-9)1-6-12(11)14-10-3-4-10/h2,5,7,10,12,14H,1,3-4,6H2. The third-order valence-electron chi connectivity index (χ3n) is 3.20. The molecule has 74 valence electrons. The largest absolute Gasteiger partial charge is 0.307 e. The summed E-state index contributed by atoms with van der Waals surface area (Å²) in [5.74, 6) is 0. The highest BCUT2D eigenvalue weighted by Crippen LogP contribution is 2.35. The van der Waals surface area contributed by atoms with Crippen molar-refractivity contribution in [3.63, 3.8) is 0 Å². The van der Waals surface area contributed by atoms with Crippen LogP contribution in [0.5, 0.6) is 0 Å². The van der Waals surface area contributed by atoms with E-state index >= 15 is 0 Å². The Morgan fingerprint density at radius 3 is 2.86 bits per heavy atom. The molecular weight excluding hydrogens is 238 g/mol. The summed E-state index contributed by atoms with van der Waals surface area (Å²) < 4.78 is 1.21. The molecule has 3 rings (SSSR count). The zero-order valence-electron chi connectivity index (χ0n) is 8.09. The van der Waals surface area contributed by atoms with Gasteiger partial charge in [0.25, 0.3) is 0 Å². The molecule has 0 aliphatic heterocycles. The van der Waals surface area contributed by atoms with Gasteiger partial charge in [0.05, 0.1) is 0 Å². The maximum Gasteiger partial charge on any atom is 0.0328 e. The second-order valence-electron chi connectivity index (χ2n) is 4.38. The molecule has 0 amide bonds. The Kier molecular flexibility index (Phi) is 2.14. The minimum absolute atomic E-state index is 0.630. The first kappa shape index (κ1) is 8.93. The van der Waals surface area contributed by atoms with Gasteiger partial charge in [0, 0.05) is 16.6 Å². The lowest BCUT2D eigenvalue weighted by Crippen LogP contribution is -2.21. The summed E-state index contributed by atoms with van der Waals surface area (Å²) in [6.07, 6.45) is 5.27. The van der Waals surface area contributed by atoms with Crippen LogP contribution < -0.4 is 5.32 Å². The molecule has 1 atom stereocenters. The van der Waals surface area contributed by atoms with Crippen LogP contribution in [-0.2, 0) is 6.42 Å². The second-order valence-corrected chi connectivity index (χ2v) is 5.29. The highest BCUT2D eigenvalue weighted by atomic mass is 79.9. The van der Waals surface area contributed by atoms with Crippen LogP contribution in [-0.4, -0.2) is 6.04 Å². The number of fused-ring (bicyclic) bond motifs is 1. The molecule has 1 unspecified atom stereocenters. The van der Waals surface area contributed by atoms with E-state index < -0.39 is 0 Å². The van der Waals surface area contributed by atoms with E-state index in [1.807, 2.05) is 0 Å². The number of benzene rings is 1. The molecule has 1 aromatic rings. The molecule has 1 N–H and O–H groups in total. The van der Waals surface area contributed by atoms with Gasteiger partial charge in [-0.3, -0.25) is 0 Å². The molecule has 1 saturated carbocycles. The smallest absolute Gasteiger partial charge is 0.0328 e. The van der Waals surface area contributed by atoms with Gasteiger partial charge in [-0.2, -0.15) is 0 Å². The van der Waals surface area contributed by atoms with Crippen LogP contribution in [0.1, 0.15) is 36.4 Å². The number of nitrogens with one attached hydrogen (secondary N) is 1. The van der Waals surface area contributed by atoms with Gasteiger partial charge >= 0.3 is 0 Å². The van der Waals surface area contributed by atoms with E-state index in [0.717, 1.165) is 6.04 Å². The van der Waals surface area contributed by atoms with E-state index in [0.29, 0.717) is 6.04 Å². The van der Waals surface area contributed by atoms with Crippen LogP contribution in [0.15, 0.2) is 22.7 Å². The zero-order valence-corrected chi connectivity index (χ0v) is 9.68. The van der Waals surface area contributed by atoms with Gasteiger partial charge in [0.15, 0.2) is 0 Å². The Balaban J connectivity index is 1.85. The number of rotatable bonds is 2. The second kappa shape index (κ2) is 3.35. The van der Waals surface area contributed by atoms with Gasteiger partial charge in [-0.15, -0.1) is 0 Å². The maximum atomic E-state index is 3.71. The summed E-state index contributed by atoms with van der Waals surface area (Å²) in [5.41, 5.74) is 3.05. The average Bonchev–Trinajstić information content (AvgIpc) is 2.89. The topological polar surface area (TPSA) is 12.0 Å². The predicted octanol–water partition coefficient (Wildman–Crippen LogP) is 3.19. The molecular formula is C12H14BrN. The first-order valence-electron chi connectivity index (χ1n) is 5.37. The van der Waals surface area contributed by atoms with E-state index in [4.69, 9.17) is 0 Å². The SMILES string of the molecule is Brc1ccc2c(c1)CCC2NC1CC1. The lowest BCUT2D eigenvalue weighted by atomic mass is 10.1. The minimum Gasteiger partial charge on any atom is -0.307 e. The molecule has 0 heterocycles. The van der Waals surface area contributed by atoms with Crippen molar-refractivity contribution in [1.29, 1.82) is 0 Å². The Morgan fingerprint density at radius 1 is 1.21 bits per heavy atom. The fourth-order valence-electron chi connectivity index (χ4n) is 2.29. The van der Waals surface area contributed by atoms with Crippen molar-refractivity contribution in [2.75, 3.05) is 0 Å². The van der Waals surface area contributed by atoms with E-state index in [1.165, 1.54) is 41.3 Å². The van der Waals surface area contributed by atoms with Crippen LogP contribution >= 0.6 is 15.9 Å². The number of hydrogen-bond acceptors (Lipinski definition) is 1. The fraction of sp³-hybridized carbons (Fsp3) is 0.500. The summed E-state index contributed by atoms with van der Waals surface area (Å²) in [6.45, 7) is 0. The first-order valence-corrected chi connectivity index (χ1v) is 6.16. The van der Waals surface area contributed by atoms with Crippen molar-refractivity contribution >= 4 is 15.9 Å². The fourth-order valence-corrected chi connectivity index (χ4v) is 2.70. The molecule has 2 aliphatic carbocycles. The zero-order chi connectivity index (χ0) is 9.54. The summed E-state index contributed by atoms with van der Waals surface area (Å²) in [7, 11) is 0. The van der Waals surface area contributed by atoms with Crippen molar-refractivity contribution < 1.29 is 0 Å². The highest BCUT2D eigenvalue weighted by molar-refractivity contribution is 9.10. The minimum atomic E-state index is 0.630. The molecule has 1 aromatic carbocycles. The molecule has 2 heteroatoms. The molecule has 0 bridgehead atoms. The van der Waals surface area contributed by atoms with E-state index in [9.17, 15) is 0 Å². The Bertz CT molecular complexity index is 357. The third kappa shape index (κ3) is 1.61. The van der Waals surface area contributed by atoms with E-state index in [2.05, 4.69) is 39.4 Å². The number of hydrogen-bond donors (Lipinski definition) is 1. The van der Waals surface area contributed by atoms with Gasteiger partial charge in [0.1, 0.15) is 0 Å². The van der Waals surface area contributed by atoms with Gasteiger partial charge in [-0.1, -0.05) is 22.0 Å². The molecule has 0 spiro atoms. The van der Waals surface area contributed by atoms with Crippen molar-refractivity contribution in [1.82, 2.24) is 5.32 Å². The summed E-state index contributed by atoms with van der Waals surface area (Å²) in [5, 5.41) is 3.71. The van der Waals surface area contributed by atoms with Crippen molar-refractivity contribution in [2.24, 2.45) is 0 Å². The quantitative estimate of drug-likeness (QED) is 0.852. The van der Waals surface area contributed by atoms with Crippen molar-refractivity contribution in [3.05, 3.63) is 33.8 Å². The first-order chi connectivity index (χ1) is 6.83. The highest BCUT2D eigenvalue weighted by Gasteiger charge is 2.29. The number of aryl methyl sites for hydroxylation is 1. The Hall–Kier alpha value is -0.340. The Labute approximate surface area is 93.0 Å². The van der Waals surface area contributed by atoms with Crippen LogP contribution in [0.3, 0.4) is 0 Å². The molecule has 2 aliphatic rings. The van der Waals surface area contributed by atoms with Crippen LogP contribution in [0.4, 0.5) is 0 Å². The average molecular weight is 252 g/mol. The van der Waals surface area contributed by atoms with Crippen LogP contribution in [0.2, 0.25) is 0 Å². The predicted molar refractivity (Wildman–Crippen MR) is 61.4 cm³/mol. The van der Waals surface area contributed by atoms with Crippen LogP contribution in [0.25, 0.3) is 0 Å². The molecule has 1 fully saturated rings. The lowest BCUT2D eigenvalue weighted by Gasteiger charge is -2.12. The van der Waals surface area contributed by atoms with Gasteiger partial charge in [-0.05, 0) is 48.9 Å². The van der Waals surface area contributed by atoms with Gasteiger partial charge in [0.2, 0.25) is 0 Å². The molecule has 1 nitrogen and oxygen atoms in total. The molecule has 0 aromatic heterocycles. The van der Waals surface area contributed by atoms with Gasteiger partial charge < -0.3 is 5.32 Å². The Morgan fingerprint density at radius 2 is 2.07 bits per heavy atom. The van der Waals surface area contributed by atoms with E-state index in [-0.39, 0.29) is 0 Å². The van der Waals surface area contributed by atoms with Gasteiger partial charge in [-0.25, -0.2) is 0 Å². The molecule has 0 saturated heterocycles. The van der Waals surface area contributed by atoms with Crippen molar-refractivity contribution in [2.45, 2.75) is 37.8 Å². The molecule has 0 radical (unpaired) electrons. The van der Waals surface area contributed by atoms with Crippen LogP contribution in [0, 0.1) is 0 Å². The monoisotopic (exact) mass is 251 g/mol. The number of halogens is 1. The molecule has 14 heavy (non-hydrogen) atoms. The van der Waals surface area contributed by atoms with E-state index in [1.54, 1.807) is 0 Å². The lowest BCUT2D eigenvalue weighted by molar-refractivity contribution is 0.527. The maximum absolute atomic E-state index is 3.71.